The van der Waals surface area contributed by atoms with E-state index in [9.17, 15) is 20.2 Å². The van der Waals surface area contributed by atoms with Crippen molar-refractivity contribution in [2.24, 2.45) is 0 Å². The zero-order chi connectivity index (χ0) is 26.5. The van der Waals surface area contributed by atoms with Crippen LogP contribution in [0.15, 0.2) is 36.8 Å². The molecule has 0 amide bonds. The Balaban J connectivity index is 0.000000264. The normalized spacial score (nSPS) is 9.66. The highest BCUT2D eigenvalue weighted by molar-refractivity contribution is 6.30. The first-order chi connectivity index (χ1) is 16.5. The van der Waals surface area contributed by atoms with E-state index in [0.29, 0.717) is 46.9 Å². The molecule has 0 aromatic carbocycles. The smallest absolute Gasteiger partial charge is 0.288 e. The molecule has 35 heavy (non-hydrogen) atoms. The van der Waals surface area contributed by atoms with Gasteiger partial charge in [0, 0.05) is 23.3 Å². The van der Waals surface area contributed by atoms with Crippen LogP contribution in [0.3, 0.4) is 0 Å². The van der Waals surface area contributed by atoms with Crippen molar-refractivity contribution in [1.82, 2.24) is 15.0 Å². The van der Waals surface area contributed by atoms with E-state index in [1.54, 1.807) is 20.0 Å². The molecule has 2 N–H and O–H groups in total. The second-order valence-electron chi connectivity index (χ2n) is 6.89. The van der Waals surface area contributed by atoms with Crippen LogP contribution in [0.25, 0.3) is 0 Å². The van der Waals surface area contributed by atoms with Crippen LogP contribution in [0, 0.1) is 41.0 Å². The topological polar surface area (TPSA) is 169 Å². The highest BCUT2D eigenvalue weighted by atomic mass is 35.5. The summed E-state index contributed by atoms with van der Waals surface area (Å²) in [5, 5.41) is 20.8. The number of nitrogens with zero attached hydrogens (tertiary/aromatic N) is 5. The standard InChI is InChI=1S/C8H10N2O3.C8H12N2O.C6H5ClN2O2/c1-3-13-8-6(2)4-7(5-9-8)10(11)12;1-3-11-8-6(2)4-7(9)5-10-8;1-4-2-5(9(10)11)3-8-6(4)7/h4-5H,3H2,1-2H3;4-5H,3,9H2,1-2H3;2-3H,1H3. The van der Waals surface area contributed by atoms with Gasteiger partial charge in [-0.3, -0.25) is 20.2 Å². The lowest BCUT2D eigenvalue weighted by Crippen LogP contribution is -1.98. The fraction of sp³-hybridized carbons (Fsp3) is 0.318. The lowest BCUT2D eigenvalue weighted by atomic mass is 10.3. The van der Waals surface area contributed by atoms with Crippen molar-refractivity contribution in [3.63, 3.8) is 0 Å². The summed E-state index contributed by atoms with van der Waals surface area (Å²) in [5.74, 6) is 1.12. The maximum Gasteiger partial charge on any atom is 0.288 e. The van der Waals surface area contributed by atoms with Crippen molar-refractivity contribution >= 4 is 28.7 Å². The van der Waals surface area contributed by atoms with Crippen LogP contribution in [0.1, 0.15) is 30.5 Å². The predicted octanol–water partition coefficient (Wildman–Crippen LogP) is 5.02. The Kier molecular flexibility index (Phi) is 11.8. The SMILES string of the molecule is CCOc1ncc(N)cc1C.CCOc1ncc([N+](=O)[O-])cc1C.Cc1cc([N+](=O)[O-])cnc1Cl. The number of aryl methyl sites for hydroxylation is 3. The summed E-state index contributed by atoms with van der Waals surface area (Å²) in [6.45, 7) is 10.2. The number of pyridine rings is 3. The molecular formula is C22H27ClN6O6. The van der Waals surface area contributed by atoms with E-state index in [-0.39, 0.29) is 11.4 Å². The molecule has 12 nitrogen and oxygen atoms in total. The fourth-order valence-corrected chi connectivity index (χ4v) is 2.55. The van der Waals surface area contributed by atoms with Gasteiger partial charge in [-0.1, -0.05) is 11.6 Å². The number of rotatable bonds is 6. The van der Waals surface area contributed by atoms with E-state index in [1.807, 2.05) is 26.8 Å². The fourth-order valence-electron chi connectivity index (χ4n) is 2.45. The number of aromatic nitrogens is 3. The van der Waals surface area contributed by atoms with Crippen LogP contribution in [-0.4, -0.2) is 38.0 Å². The molecule has 3 aromatic rings. The third-order valence-electron chi connectivity index (χ3n) is 4.05. The minimum atomic E-state index is -0.504. The van der Waals surface area contributed by atoms with Gasteiger partial charge >= 0.3 is 0 Å². The Morgan fingerprint density at radius 1 is 0.800 bits per heavy atom. The molecule has 0 spiro atoms. The third-order valence-corrected chi connectivity index (χ3v) is 4.45. The highest BCUT2D eigenvalue weighted by Gasteiger charge is 2.09. The Bertz CT molecular complexity index is 1160. The Labute approximate surface area is 207 Å². The summed E-state index contributed by atoms with van der Waals surface area (Å²) in [5.41, 5.74) is 8.40. The van der Waals surface area contributed by atoms with E-state index >= 15 is 0 Å². The molecule has 3 aromatic heterocycles. The molecule has 0 aliphatic heterocycles. The number of halogens is 1. The zero-order valence-electron chi connectivity index (χ0n) is 20.0. The molecule has 3 rings (SSSR count). The van der Waals surface area contributed by atoms with E-state index in [1.165, 1.54) is 18.3 Å². The predicted molar refractivity (Wildman–Crippen MR) is 132 cm³/mol. The molecule has 0 saturated carbocycles. The largest absolute Gasteiger partial charge is 0.478 e. The third kappa shape index (κ3) is 9.76. The molecule has 0 fully saturated rings. The van der Waals surface area contributed by atoms with Gasteiger partial charge in [-0.2, -0.15) is 0 Å². The second kappa shape index (κ2) is 14.3. The van der Waals surface area contributed by atoms with Crippen molar-refractivity contribution in [3.05, 3.63) is 78.9 Å². The molecule has 13 heteroatoms. The summed E-state index contributed by atoms with van der Waals surface area (Å²) in [6, 6.07) is 4.67. The van der Waals surface area contributed by atoms with Crippen LogP contribution in [-0.2, 0) is 0 Å². The Morgan fingerprint density at radius 2 is 1.23 bits per heavy atom. The van der Waals surface area contributed by atoms with E-state index < -0.39 is 9.85 Å². The number of nitro groups is 2. The molecular weight excluding hydrogens is 480 g/mol. The van der Waals surface area contributed by atoms with Crippen molar-refractivity contribution in [2.45, 2.75) is 34.6 Å². The van der Waals surface area contributed by atoms with Crippen LogP contribution < -0.4 is 15.2 Å². The molecule has 0 saturated heterocycles. The quantitative estimate of drug-likeness (QED) is 0.272. The molecule has 3 heterocycles. The van der Waals surface area contributed by atoms with Crippen molar-refractivity contribution in [2.75, 3.05) is 18.9 Å². The summed E-state index contributed by atoms with van der Waals surface area (Å²) in [6.07, 6.45) is 3.92. The summed E-state index contributed by atoms with van der Waals surface area (Å²) in [4.78, 5) is 31.0. The van der Waals surface area contributed by atoms with Crippen LogP contribution in [0.5, 0.6) is 11.8 Å². The first kappa shape index (κ1) is 29.0. The van der Waals surface area contributed by atoms with Gasteiger partial charge in [0.15, 0.2) is 0 Å². The van der Waals surface area contributed by atoms with Gasteiger partial charge in [0.25, 0.3) is 11.4 Å². The monoisotopic (exact) mass is 506 g/mol. The molecule has 0 aliphatic carbocycles. The molecule has 188 valence electrons. The summed E-state index contributed by atoms with van der Waals surface area (Å²) in [7, 11) is 0. The van der Waals surface area contributed by atoms with Gasteiger partial charge in [-0.25, -0.2) is 15.0 Å². The van der Waals surface area contributed by atoms with Crippen LogP contribution in [0.4, 0.5) is 17.1 Å². The molecule has 0 bridgehead atoms. The Hall–Kier alpha value is -4.06. The number of ether oxygens (including phenoxy) is 2. The van der Waals surface area contributed by atoms with Crippen molar-refractivity contribution < 1.29 is 19.3 Å². The number of nitrogen functional groups attached to an aromatic ring is 1. The first-order valence-corrected chi connectivity index (χ1v) is 10.7. The van der Waals surface area contributed by atoms with Gasteiger partial charge in [0.2, 0.25) is 11.8 Å². The average molecular weight is 507 g/mol. The zero-order valence-corrected chi connectivity index (χ0v) is 20.8. The minimum Gasteiger partial charge on any atom is -0.478 e. The highest BCUT2D eigenvalue weighted by Crippen LogP contribution is 2.20. The van der Waals surface area contributed by atoms with Gasteiger partial charge in [0.05, 0.1) is 34.9 Å². The Morgan fingerprint density at radius 3 is 1.63 bits per heavy atom. The lowest BCUT2D eigenvalue weighted by molar-refractivity contribution is -0.385. The lowest BCUT2D eigenvalue weighted by Gasteiger charge is -2.04. The number of nitrogens with two attached hydrogens (primary N) is 1. The first-order valence-electron chi connectivity index (χ1n) is 10.3. The molecule has 0 unspecified atom stereocenters. The van der Waals surface area contributed by atoms with Gasteiger partial charge in [-0.05, 0) is 46.2 Å². The number of hydrogen-bond donors (Lipinski definition) is 1. The minimum absolute atomic E-state index is 0.0130. The van der Waals surface area contributed by atoms with E-state index in [0.717, 1.165) is 11.8 Å². The van der Waals surface area contributed by atoms with E-state index in [2.05, 4.69) is 15.0 Å². The van der Waals surface area contributed by atoms with Crippen LogP contribution in [0.2, 0.25) is 5.15 Å². The van der Waals surface area contributed by atoms with Gasteiger partial charge < -0.3 is 15.2 Å². The number of hydrogen-bond acceptors (Lipinski definition) is 10. The molecule has 0 atom stereocenters. The summed E-state index contributed by atoms with van der Waals surface area (Å²) < 4.78 is 10.4. The van der Waals surface area contributed by atoms with Crippen molar-refractivity contribution in [3.8, 4) is 11.8 Å². The van der Waals surface area contributed by atoms with Crippen LogP contribution >= 0.6 is 11.6 Å². The summed E-state index contributed by atoms with van der Waals surface area (Å²) >= 11 is 5.55. The van der Waals surface area contributed by atoms with Gasteiger partial charge in [-0.15, -0.1) is 0 Å². The number of anilines is 1. The average Bonchev–Trinajstić information content (AvgIpc) is 2.80. The van der Waals surface area contributed by atoms with Gasteiger partial charge in [0.1, 0.15) is 17.5 Å². The second-order valence-corrected chi connectivity index (χ2v) is 7.25. The maximum atomic E-state index is 10.3. The van der Waals surface area contributed by atoms with E-state index in [4.69, 9.17) is 26.8 Å². The molecule has 0 radical (unpaired) electrons. The molecule has 0 aliphatic rings. The maximum absolute atomic E-state index is 10.3. The van der Waals surface area contributed by atoms with Crippen molar-refractivity contribution in [1.29, 1.82) is 0 Å².